The summed E-state index contributed by atoms with van der Waals surface area (Å²) in [5.74, 6) is -1.04. The highest BCUT2D eigenvalue weighted by atomic mass is 32.1. The molecule has 0 aliphatic rings. The molecule has 0 aliphatic carbocycles. The highest BCUT2D eigenvalue weighted by molar-refractivity contribution is 7.10. The van der Waals surface area contributed by atoms with Crippen LogP contribution in [0, 0.1) is 0 Å². The molecular formula is C28H21N3O4S. The van der Waals surface area contributed by atoms with Gasteiger partial charge in [0.1, 0.15) is 11.4 Å². The zero-order chi connectivity index (χ0) is 25.2. The molecule has 4 aromatic rings. The minimum absolute atomic E-state index is 0.0617. The quantitative estimate of drug-likeness (QED) is 0.120. The van der Waals surface area contributed by atoms with Crippen LogP contribution in [0.5, 0.6) is 5.75 Å². The van der Waals surface area contributed by atoms with Gasteiger partial charge in [-0.3, -0.25) is 9.59 Å². The Hall–Kier alpha value is -4.82. The third-order valence-corrected chi connectivity index (χ3v) is 5.66. The number of nitrogens with zero attached hydrogens (tertiary/aromatic N) is 1. The summed E-state index contributed by atoms with van der Waals surface area (Å²) in [6, 6.07) is 27.7. The van der Waals surface area contributed by atoms with Gasteiger partial charge in [-0.2, -0.15) is 5.10 Å². The van der Waals surface area contributed by atoms with Crippen molar-refractivity contribution in [3.05, 3.63) is 130 Å². The highest BCUT2D eigenvalue weighted by Gasteiger charge is 2.14. The number of hydrogen-bond acceptors (Lipinski definition) is 6. The van der Waals surface area contributed by atoms with E-state index in [-0.39, 0.29) is 5.70 Å². The van der Waals surface area contributed by atoms with E-state index in [1.165, 1.54) is 17.6 Å². The number of carbonyl (C=O) groups is 3. The van der Waals surface area contributed by atoms with Gasteiger partial charge in [0, 0.05) is 10.4 Å². The van der Waals surface area contributed by atoms with E-state index >= 15 is 0 Å². The van der Waals surface area contributed by atoms with Crippen LogP contribution >= 0.6 is 11.3 Å². The standard InChI is InChI=1S/C28H21N3O4S/c32-26(21-8-3-1-4-9-21)30-25(18-24-12-7-17-36-24)27(33)31-29-19-20-13-15-23(16-14-20)35-28(34)22-10-5-2-6-11-22/h1-19H,(H,30,32)(H,31,33)/b25-18-,29-19-. The molecule has 36 heavy (non-hydrogen) atoms. The summed E-state index contributed by atoms with van der Waals surface area (Å²) in [6.45, 7) is 0. The topological polar surface area (TPSA) is 96.9 Å². The first-order valence-electron chi connectivity index (χ1n) is 10.9. The number of ether oxygens (including phenoxy) is 1. The monoisotopic (exact) mass is 495 g/mol. The number of thiophene rings is 1. The summed E-state index contributed by atoms with van der Waals surface area (Å²) in [6.07, 6.45) is 3.04. The van der Waals surface area contributed by atoms with Gasteiger partial charge in [-0.25, -0.2) is 10.2 Å². The van der Waals surface area contributed by atoms with Crippen LogP contribution in [-0.2, 0) is 4.79 Å². The largest absolute Gasteiger partial charge is 0.423 e. The van der Waals surface area contributed by atoms with Crippen molar-refractivity contribution in [3.8, 4) is 5.75 Å². The predicted octanol–water partition coefficient (Wildman–Crippen LogP) is 4.89. The molecule has 178 valence electrons. The van der Waals surface area contributed by atoms with Crippen LogP contribution in [-0.4, -0.2) is 24.0 Å². The maximum Gasteiger partial charge on any atom is 0.343 e. The van der Waals surface area contributed by atoms with E-state index in [1.807, 2.05) is 23.6 Å². The Balaban J connectivity index is 1.38. The molecule has 3 aromatic carbocycles. The van der Waals surface area contributed by atoms with Gasteiger partial charge >= 0.3 is 5.97 Å². The van der Waals surface area contributed by atoms with Gasteiger partial charge in [0.2, 0.25) is 0 Å². The molecule has 0 fully saturated rings. The molecule has 0 aliphatic heterocycles. The summed E-state index contributed by atoms with van der Waals surface area (Å²) in [4.78, 5) is 38.3. The van der Waals surface area contributed by atoms with Gasteiger partial charge in [-0.05, 0) is 71.6 Å². The number of esters is 1. The van der Waals surface area contributed by atoms with E-state index in [9.17, 15) is 14.4 Å². The second-order valence-corrected chi connectivity index (χ2v) is 8.40. The van der Waals surface area contributed by atoms with Gasteiger partial charge in [0.15, 0.2) is 0 Å². The number of amides is 2. The zero-order valence-corrected chi connectivity index (χ0v) is 19.8. The Morgan fingerprint density at radius 1 is 0.778 bits per heavy atom. The second kappa shape index (κ2) is 12.0. The number of rotatable bonds is 8. The molecule has 2 amide bonds. The molecule has 0 saturated carbocycles. The Bertz CT molecular complexity index is 1380. The van der Waals surface area contributed by atoms with Crippen molar-refractivity contribution in [1.29, 1.82) is 0 Å². The maximum absolute atomic E-state index is 12.8. The van der Waals surface area contributed by atoms with E-state index in [2.05, 4.69) is 15.8 Å². The fourth-order valence-electron chi connectivity index (χ4n) is 3.05. The SMILES string of the molecule is O=C(N/N=C\c1ccc(OC(=O)c2ccccc2)cc1)/C(=C/c1cccs1)NC(=O)c1ccccc1. The van der Waals surface area contributed by atoms with Crippen molar-refractivity contribution in [3.63, 3.8) is 0 Å². The van der Waals surface area contributed by atoms with Gasteiger partial charge in [-0.15, -0.1) is 11.3 Å². The van der Waals surface area contributed by atoms with Crippen molar-refractivity contribution in [2.75, 3.05) is 0 Å². The van der Waals surface area contributed by atoms with Crippen LogP contribution in [0.1, 0.15) is 31.2 Å². The number of hydrogen-bond donors (Lipinski definition) is 2. The van der Waals surface area contributed by atoms with Crippen LogP contribution in [0.4, 0.5) is 0 Å². The Kier molecular flexibility index (Phi) is 8.14. The van der Waals surface area contributed by atoms with Crippen molar-refractivity contribution in [1.82, 2.24) is 10.7 Å². The summed E-state index contributed by atoms with van der Waals surface area (Å²) >= 11 is 1.43. The normalized spacial score (nSPS) is 11.2. The average molecular weight is 496 g/mol. The molecule has 0 bridgehead atoms. The molecule has 2 N–H and O–H groups in total. The first kappa shape index (κ1) is 24.3. The van der Waals surface area contributed by atoms with Crippen molar-refractivity contribution >= 4 is 41.4 Å². The van der Waals surface area contributed by atoms with Gasteiger partial charge in [0.05, 0.1) is 11.8 Å². The highest BCUT2D eigenvalue weighted by Crippen LogP contribution is 2.15. The minimum atomic E-state index is -0.572. The molecule has 4 rings (SSSR count). The minimum Gasteiger partial charge on any atom is -0.423 e. The van der Waals surface area contributed by atoms with Crippen LogP contribution < -0.4 is 15.5 Å². The Morgan fingerprint density at radius 2 is 1.44 bits per heavy atom. The van der Waals surface area contributed by atoms with Crippen LogP contribution in [0.25, 0.3) is 6.08 Å². The molecule has 0 radical (unpaired) electrons. The average Bonchev–Trinajstić information content (AvgIpc) is 3.43. The molecule has 7 nitrogen and oxygen atoms in total. The summed E-state index contributed by atoms with van der Waals surface area (Å²) in [5, 5.41) is 8.52. The smallest absolute Gasteiger partial charge is 0.343 e. The van der Waals surface area contributed by atoms with Crippen LogP contribution in [0.15, 0.2) is 113 Å². The van der Waals surface area contributed by atoms with E-state index in [0.29, 0.717) is 22.4 Å². The van der Waals surface area contributed by atoms with E-state index in [0.717, 1.165) is 4.88 Å². The molecule has 1 heterocycles. The van der Waals surface area contributed by atoms with Gasteiger partial charge < -0.3 is 10.1 Å². The lowest BCUT2D eigenvalue weighted by molar-refractivity contribution is -0.117. The van der Waals surface area contributed by atoms with Crippen LogP contribution in [0.3, 0.4) is 0 Å². The number of hydrazone groups is 1. The third-order valence-electron chi connectivity index (χ3n) is 4.84. The number of nitrogens with one attached hydrogen (secondary N) is 2. The number of carbonyl (C=O) groups excluding carboxylic acids is 3. The van der Waals surface area contributed by atoms with Crippen molar-refractivity contribution in [2.45, 2.75) is 0 Å². The molecule has 0 spiro atoms. The summed E-state index contributed by atoms with van der Waals surface area (Å²) < 4.78 is 5.35. The zero-order valence-electron chi connectivity index (χ0n) is 19.0. The van der Waals surface area contributed by atoms with Gasteiger partial charge in [0.25, 0.3) is 11.8 Å². The molecule has 8 heteroatoms. The Morgan fingerprint density at radius 3 is 2.08 bits per heavy atom. The van der Waals surface area contributed by atoms with Crippen molar-refractivity contribution < 1.29 is 19.1 Å². The number of benzene rings is 3. The molecule has 1 aromatic heterocycles. The lowest BCUT2D eigenvalue weighted by atomic mass is 10.2. The molecule has 0 unspecified atom stereocenters. The predicted molar refractivity (Wildman–Crippen MR) is 140 cm³/mol. The fourth-order valence-corrected chi connectivity index (χ4v) is 3.70. The van der Waals surface area contributed by atoms with E-state index < -0.39 is 17.8 Å². The maximum atomic E-state index is 12.8. The lowest BCUT2D eigenvalue weighted by Gasteiger charge is -2.08. The second-order valence-electron chi connectivity index (χ2n) is 7.42. The summed E-state index contributed by atoms with van der Waals surface area (Å²) in [7, 11) is 0. The first-order valence-corrected chi connectivity index (χ1v) is 11.8. The Labute approximate surface area is 211 Å². The van der Waals surface area contributed by atoms with E-state index in [4.69, 9.17) is 4.74 Å². The first-order chi connectivity index (χ1) is 17.6. The molecule has 0 atom stereocenters. The third kappa shape index (κ3) is 6.85. The lowest BCUT2D eigenvalue weighted by Crippen LogP contribution is -2.32. The molecule has 0 saturated heterocycles. The van der Waals surface area contributed by atoms with Gasteiger partial charge in [-0.1, -0.05) is 42.5 Å². The van der Waals surface area contributed by atoms with Crippen LogP contribution in [0.2, 0.25) is 0 Å². The van der Waals surface area contributed by atoms with E-state index in [1.54, 1.807) is 84.9 Å². The molecular weight excluding hydrogens is 474 g/mol. The summed E-state index contributed by atoms with van der Waals surface area (Å²) in [5.41, 5.74) is 4.06. The fraction of sp³-hybridized carbons (Fsp3) is 0. The van der Waals surface area contributed by atoms with Crippen molar-refractivity contribution in [2.24, 2.45) is 5.10 Å².